The molecule has 0 radical (unpaired) electrons. The highest BCUT2D eigenvalue weighted by Crippen LogP contribution is 2.22. The maximum atomic E-state index is 11.1. The zero-order chi connectivity index (χ0) is 13.0. The van der Waals surface area contributed by atoms with Gasteiger partial charge in [-0.3, -0.25) is 9.69 Å². The molecule has 4 atom stereocenters. The molecular weight excluding hydrogens is 216 g/mol. The Balaban J connectivity index is 2.65. The Bertz CT molecular complexity index is 256. The summed E-state index contributed by atoms with van der Waals surface area (Å²) >= 11 is 0. The van der Waals surface area contributed by atoms with E-state index in [0.717, 1.165) is 25.9 Å². The molecule has 4 heteroatoms. The first-order valence-electron chi connectivity index (χ1n) is 6.63. The van der Waals surface area contributed by atoms with E-state index < -0.39 is 0 Å². The van der Waals surface area contributed by atoms with E-state index in [1.807, 2.05) is 6.92 Å². The number of carbonyl (C=O) groups is 1. The minimum absolute atomic E-state index is 0.0188. The molecule has 1 amide bonds. The third kappa shape index (κ3) is 4.28. The number of likely N-dealkylation sites (tertiary alicyclic amines) is 1. The topological polar surface area (TPSA) is 52.6 Å². The van der Waals surface area contributed by atoms with Gasteiger partial charge in [-0.15, -0.1) is 0 Å². The summed E-state index contributed by atoms with van der Waals surface area (Å²) in [5, 5.41) is 12.7. The zero-order valence-corrected chi connectivity index (χ0v) is 11.4. The molecule has 0 bridgehead atoms. The van der Waals surface area contributed by atoms with Crippen LogP contribution in [0.1, 0.15) is 40.5 Å². The van der Waals surface area contributed by atoms with E-state index >= 15 is 0 Å². The molecule has 1 fully saturated rings. The van der Waals surface area contributed by atoms with Crippen LogP contribution in [0.5, 0.6) is 0 Å². The fourth-order valence-corrected chi connectivity index (χ4v) is 2.53. The van der Waals surface area contributed by atoms with Gasteiger partial charge in [0.1, 0.15) is 0 Å². The third-order valence-corrected chi connectivity index (χ3v) is 3.81. The van der Waals surface area contributed by atoms with Crippen LogP contribution in [0.3, 0.4) is 0 Å². The zero-order valence-electron chi connectivity index (χ0n) is 11.4. The van der Waals surface area contributed by atoms with Crippen LogP contribution in [0.15, 0.2) is 0 Å². The van der Waals surface area contributed by atoms with E-state index in [1.54, 1.807) is 6.92 Å². The Hall–Kier alpha value is -0.610. The lowest BCUT2D eigenvalue weighted by Crippen LogP contribution is -2.54. The molecule has 1 aliphatic heterocycles. The predicted molar refractivity (Wildman–Crippen MR) is 68.7 cm³/mol. The highest BCUT2D eigenvalue weighted by atomic mass is 16.3. The van der Waals surface area contributed by atoms with Crippen molar-refractivity contribution >= 4 is 5.91 Å². The summed E-state index contributed by atoms with van der Waals surface area (Å²) in [7, 11) is 0. The van der Waals surface area contributed by atoms with Gasteiger partial charge in [0, 0.05) is 32.1 Å². The number of nitrogens with one attached hydrogen (secondary N) is 1. The summed E-state index contributed by atoms with van der Waals surface area (Å²) in [4.78, 5) is 13.5. The molecule has 0 saturated carbocycles. The quantitative estimate of drug-likeness (QED) is 0.773. The van der Waals surface area contributed by atoms with Gasteiger partial charge in [0.25, 0.3) is 0 Å². The monoisotopic (exact) mass is 242 g/mol. The van der Waals surface area contributed by atoms with Gasteiger partial charge in [-0.05, 0) is 32.6 Å². The second kappa shape index (κ2) is 6.36. The number of hydrogen-bond acceptors (Lipinski definition) is 3. The van der Waals surface area contributed by atoms with Gasteiger partial charge < -0.3 is 10.4 Å². The number of hydrogen-bond donors (Lipinski definition) is 2. The molecule has 1 saturated heterocycles. The Morgan fingerprint density at radius 1 is 1.47 bits per heavy atom. The fourth-order valence-electron chi connectivity index (χ4n) is 2.53. The van der Waals surface area contributed by atoms with Crippen LogP contribution in [-0.4, -0.2) is 47.2 Å². The van der Waals surface area contributed by atoms with Crippen molar-refractivity contribution in [3.63, 3.8) is 0 Å². The molecule has 17 heavy (non-hydrogen) atoms. The molecule has 0 aliphatic carbocycles. The molecule has 0 aromatic heterocycles. The summed E-state index contributed by atoms with van der Waals surface area (Å²) in [6, 6.07) is 0.683. The molecule has 2 N–H and O–H groups in total. The van der Waals surface area contributed by atoms with Gasteiger partial charge in [0.05, 0.1) is 6.10 Å². The van der Waals surface area contributed by atoms with E-state index in [2.05, 4.69) is 24.1 Å². The number of rotatable bonds is 4. The van der Waals surface area contributed by atoms with Crippen molar-refractivity contribution in [2.75, 3.05) is 13.1 Å². The second-order valence-corrected chi connectivity index (χ2v) is 5.35. The first-order valence-corrected chi connectivity index (χ1v) is 6.63. The van der Waals surface area contributed by atoms with Gasteiger partial charge >= 0.3 is 0 Å². The normalized spacial score (nSPS) is 29.7. The van der Waals surface area contributed by atoms with Crippen molar-refractivity contribution in [1.29, 1.82) is 0 Å². The Morgan fingerprint density at radius 3 is 2.59 bits per heavy atom. The molecular formula is C13H26N2O2. The number of carbonyl (C=O) groups excluding carboxylic acids is 1. The highest BCUT2D eigenvalue weighted by molar-refractivity contribution is 5.73. The van der Waals surface area contributed by atoms with Crippen LogP contribution < -0.4 is 5.32 Å². The van der Waals surface area contributed by atoms with Crippen molar-refractivity contribution in [2.45, 2.75) is 58.7 Å². The Labute approximate surface area is 104 Å². The smallest absolute Gasteiger partial charge is 0.217 e. The Kier molecular flexibility index (Phi) is 5.40. The number of aliphatic hydroxyl groups is 1. The fraction of sp³-hybridized carbons (Fsp3) is 0.923. The lowest BCUT2D eigenvalue weighted by molar-refractivity contribution is -0.120. The Morgan fingerprint density at radius 2 is 2.12 bits per heavy atom. The predicted octanol–water partition coefficient (Wildman–Crippen LogP) is 0.992. The second-order valence-electron chi connectivity index (χ2n) is 5.35. The van der Waals surface area contributed by atoms with E-state index in [1.165, 1.54) is 0 Å². The van der Waals surface area contributed by atoms with Crippen LogP contribution in [0.2, 0.25) is 0 Å². The maximum Gasteiger partial charge on any atom is 0.217 e. The van der Waals surface area contributed by atoms with Crippen LogP contribution in [0, 0.1) is 5.92 Å². The van der Waals surface area contributed by atoms with E-state index in [4.69, 9.17) is 0 Å². The molecule has 4 nitrogen and oxygen atoms in total. The van der Waals surface area contributed by atoms with E-state index in [0.29, 0.717) is 6.04 Å². The number of amides is 1. The van der Waals surface area contributed by atoms with E-state index in [9.17, 15) is 9.90 Å². The van der Waals surface area contributed by atoms with Crippen molar-refractivity contribution < 1.29 is 9.90 Å². The SMILES string of the molecule is CCC(C)N1CC(NC(C)=O)CC(C(C)O)C1. The van der Waals surface area contributed by atoms with Crippen molar-refractivity contribution in [1.82, 2.24) is 10.2 Å². The van der Waals surface area contributed by atoms with Crippen LogP contribution >= 0.6 is 0 Å². The number of nitrogens with zero attached hydrogens (tertiary/aromatic N) is 1. The van der Waals surface area contributed by atoms with Crippen molar-refractivity contribution in [3.8, 4) is 0 Å². The van der Waals surface area contributed by atoms with Crippen molar-refractivity contribution in [3.05, 3.63) is 0 Å². The summed E-state index contributed by atoms with van der Waals surface area (Å²) in [5.41, 5.74) is 0. The molecule has 1 rings (SSSR count). The molecule has 100 valence electrons. The first-order chi connectivity index (χ1) is 7.93. The lowest BCUT2D eigenvalue weighted by Gasteiger charge is -2.41. The van der Waals surface area contributed by atoms with Gasteiger partial charge in [-0.1, -0.05) is 6.92 Å². The summed E-state index contributed by atoms with van der Waals surface area (Å²) in [6.45, 7) is 9.61. The minimum atomic E-state index is -0.307. The van der Waals surface area contributed by atoms with Gasteiger partial charge in [-0.25, -0.2) is 0 Å². The van der Waals surface area contributed by atoms with Crippen LogP contribution in [-0.2, 0) is 4.79 Å². The summed E-state index contributed by atoms with van der Waals surface area (Å²) < 4.78 is 0. The molecule has 1 aliphatic rings. The van der Waals surface area contributed by atoms with Gasteiger partial charge in [0.2, 0.25) is 5.91 Å². The third-order valence-electron chi connectivity index (χ3n) is 3.81. The maximum absolute atomic E-state index is 11.1. The van der Waals surface area contributed by atoms with Crippen molar-refractivity contribution in [2.24, 2.45) is 5.92 Å². The summed E-state index contributed by atoms with van der Waals surface area (Å²) in [6.07, 6.45) is 1.67. The number of aliphatic hydroxyl groups excluding tert-OH is 1. The van der Waals surface area contributed by atoms with Crippen LogP contribution in [0.4, 0.5) is 0 Å². The molecule has 0 spiro atoms. The van der Waals surface area contributed by atoms with E-state index in [-0.39, 0.29) is 24.0 Å². The molecule has 0 aromatic rings. The van der Waals surface area contributed by atoms with Crippen LogP contribution in [0.25, 0.3) is 0 Å². The first kappa shape index (κ1) is 14.5. The highest BCUT2D eigenvalue weighted by Gasteiger charge is 2.31. The minimum Gasteiger partial charge on any atom is -0.393 e. The van der Waals surface area contributed by atoms with Gasteiger partial charge in [0.15, 0.2) is 0 Å². The lowest BCUT2D eigenvalue weighted by atomic mass is 9.89. The number of piperidine rings is 1. The average molecular weight is 242 g/mol. The molecule has 1 heterocycles. The van der Waals surface area contributed by atoms with Gasteiger partial charge in [-0.2, -0.15) is 0 Å². The largest absolute Gasteiger partial charge is 0.393 e. The average Bonchev–Trinajstić information content (AvgIpc) is 2.26. The standard InChI is InChI=1S/C13H26N2O2/c1-5-9(2)15-7-12(10(3)16)6-13(8-15)14-11(4)17/h9-10,12-13,16H,5-8H2,1-4H3,(H,14,17). The molecule has 0 aromatic carbocycles. The molecule has 4 unspecified atom stereocenters. The summed E-state index contributed by atoms with van der Waals surface area (Å²) in [5.74, 6) is 0.278.